The van der Waals surface area contributed by atoms with Gasteiger partial charge in [0.25, 0.3) is 5.91 Å². The first-order chi connectivity index (χ1) is 8.37. The van der Waals surface area contributed by atoms with Gasteiger partial charge in [-0.2, -0.15) is 13.2 Å². The molecule has 1 saturated heterocycles. The Bertz CT molecular complexity index is 441. The Morgan fingerprint density at radius 3 is 2.78 bits per heavy atom. The van der Waals surface area contributed by atoms with Crippen LogP contribution in [0.5, 0.6) is 0 Å². The Labute approximate surface area is 102 Å². The van der Waals surface area contributed by atoms with Gasteiger partial charge in [0.15, 0.2) is 0 Å². The standard InChI is InChI=1S/C11H14F3N3O/c12-11(13,14)7-17-4-1-2-9(17)10(18)16-5-3-8(15)6-16/h1-2,4,8H,3,5-7,15H2/t8-/m1/s1. The smallest absolute Gasteiger partial charge is 0.336 e. The molecule has 0 saturated carbocycles. The Morgan fingerprint density at radius 1 is 1.50 bits per heavy atom. The highest BCUT2D eigenvalue weighted by molar-refractivity contribution is 5.93. The molecule has 4 nitrogen and oxygen atoms in total. The van der Waals surface area contributed by atoms with Crippen LogP contribution in [-0.2, 0) is 6.54 Å². The molecule has 0 aliphatic carbocycles. The van der Waals surface area contributed by atoms with Crippen LogP contribution in [0.4, 0.5) is 13.2 Å². The SMILES string of the molecule is N[C@@H]1CCN(C(=O)c2cccn2CC(F)(F)F)C1. The number of hydrogen-bond donors (Lipinski definition) is 1. The predicted molar refractivity (Wildman–Crippen MR) is 59.0 cm³/mol. The number of amides is 1. The number of alkyl halides is 3. The van der Waals surface area contributed by atoms with Gasteiger partial charge in [0.2, 0.25) is 0 Å². The summed E-state index contributed by atoms with van der Waals surface area (Å²) in [6.45, 7) is -0.256. The summed E-state index contributed by atoms with van der Waals surface area (Å²) in [5.74, 6) is -0.391. The largest absolute Gasteiger partial charge is 0.406 e. The number of rotatable bonds is 2. The van der Waals surface area contributed by atoms with Gasteiger partial charge in [-0.1, -0.05) is 0 Å². The first kappa shape index (κ1) is 12.9. The van der Waals surface area contributed by atoms with Gasteiger partial charge >= 0.3 is 6.18 Å². The van der Waals surface area contributed by atoms with E-state index in [1.54, 1.807) is 0 Å². The second-order valence-corrected chi connectivity index (χ2v) is 4.44. The first-order valence-electron chi connectivity index (χ1n) is 5.63. The molecule has 1 aliphatic heterocycles. The van der Waals surface area contributed by atoms with E-state index >= 15 is 0 Å². The van der Waals surface area contributed by atoms with E-state index in [1.807, 2.05) is 0 Å². The fourth-order valence-electron chi connectivity index (χ4n) is 2.07. The number of nitrogens with zero attached hydrogens (tertiary/aromatic N) is 2. The van der Waals surface area contributed by atoms with Gasteiger partial charge < -0.3 is 15.2 Å². The average molecular weight is 261 g/mol. The molecule has 0 spiro atoms. The Hall–Kier alpha value is -1.50. The van der Waals surface area contributed by atoms with Crippen molar-refractivity contribution in [1.82, 2.24) is 9.47 Å². The zero-order chi connectivity index (χ0) is 13.3. The van der Waals surface area contributed by atoms with Crippen LogP contribution in [0, 0.1) is 0 Å². The summed E-state index contributed by atoms with van der Waals surface area (Å²) in [5, 5.41) is 0. The fraction of sp³-hybridized carbons (Fsp3) is 0.545. The minimum atomic E-state index is -4.34. The van der Waals surface area contributed by atoms with Crippen molar-refractivity contribution in [2.45, 2.75) is 25.2 Å². The normalized spacial score (nSPS) is 20.4. The van der Waals surface area contributed by atoms with Crippen LogP contribution < -0.4 is 5.73 Å². The third-order valence-electron chi connectivity index (χ3n) is 2.91. The third-order valence-corrected chi connectivity index (χ3v) is 2.91. The van der Waals surface area contributed by atoms with Gasteiger partial charge in [-0.15, -0.1) is 0 Å². The highest BCUT2D eigenvalue weighted by Crippen LogP contribution is 2.20. The predicted octanol–water partition coefficient (Wildman–Crippen LogP) is 1.22. The summed E-state index contributed by atoms with van der Waals surface area (Å²) < 4.78 is 37.9. The molecule has 0 bridgehead atoms. The van der Waals surface area contributed by atoms with Gasteiger partial charge in [-0.3, -0.25) is 4.79 Å². The van der Waals surface area contributed by atoms with E-state index in [4.69, 9.17) is 5.73 Å². The second-order valence-electron chi connectivity index (χ2n) is 4.44. The number of hydrogen-bond acceptors (Lipinski definition) is 2. The molecule has 1 aromatic heterocycles. The lowest BCUT2D eigenvalue weighted by Gasteiger charge is -2.18. The van der Waals surface area contributed by atoms with Crippen molar-refractivity contribution >= 4 is 5.91 Å². The van der Waals surface area contributed by atoms with Crippen LogP contribution in [0.1, 0.15) is 16.9 Å². The summed E-state index contributed by atoms with van der Waals surface area (Å²) in [4.78, 5) is 13.5. The molecule has 1 atom stereocenters. The van der Waals surface area contributed by atoms with Crippen molar-refractivity contribution in [1.29, 1.82) is 0 Å². The molecule has 1 fully saturated rings. The monoisotopic (exact) mass is 261 g/mol. The quantitative estimate of drug-likeness (QED) is 0.870. The summed E-state index contributed by atoms with van der Waals surface area (Å²) in [6, 6.07) is 2.76. The average Bonchev–Trinajstić information content (AvgIpc) is 2.84. The van der Waals surface area contributed by atoms with E-state index < -0.39 is 18.6 Å². The number of carbonyl (C=O) groups excluding carboxylic acids is 1. The van der Waals surface area contributed by atoms with Crippen molar-refractivity contribution in [3.63, 3.8) is 0 Å². The number of likely N-dealkylation sites (tertiary alicyclic amines) is 1. The fourth-order valence-corrected chi connectivity index (χ4v) is 2.07. The molecule has 2 heterocycles. The molecule has 2 rings (SSSR count). The Morgan fingerprint density at radius 2 is 2.22 bits per heavy atom. The highest BCUT2D eigenvalue weighted by Gasteiger charge is 2.31. The molecular weight excluding hydrogens is 247 g/mol. The van der Waals surface area contributed by atoms with Crippen molar-refractivity contribution in [3.8, 4) is 0 Å². The Kier molecular flexibility index (Phi) is 3.34. The number of aromatic nitrogens is 1. The van der Waals surface area contributed by atoms with Gasteiger partial charge in [0, 0.05) is 25.3 Å². The molecule has 1 aromatic rings. The molecule has 7 heteroatoms. The molecule has 2 N–H and O–H groups in total. The van der Waals surface area contributed by atoms with Crippen LogP contribution >= 0.6 is 0 Å². The van der Waals surface area contributed by atoms with E-state index in [2.05, 4.69) is 0 Å². The minimum Gasteiger partial charge on any atom is -0.336 e. The number of carbonyl (C=O) groups is 1. The zero-order valence-electron chi connectivity index (χ0n) is 9.65. The summed E-state index contributed by atoms with van der Waals surface area (Å²) in [7, 11) is 0. The first-order valence-corrected chi connectivity index (χ1v) is 5.63. The molecule has 0 unspecified atom stereocenters. The van der Waals surface area contributed by atoms with E-state index in [9.17, 15) is 18.0 Å². The van der Waals surface area contributed by atoms with Crippen LogP contribution in [0.15, 0.2) is 18.3 Å². The molecule has 1 aliphatic rings. The zero-order valence-corrected chi connectivity index (χ0v) is 9.65. The topological polar surface area (TPSA) is 51.3 Å². The van der Waals surface area contributed by atoms with Gasteiger partial charge in [-0.05, 0) is 18.6 Å². The van der Waals surface area contributed by atoms with Crippen LogP contribution in [0.3, 0.4) is 0 Å². The molecule has 1 amide bonds. The molecule has 18 heavy (non-hydrogen) atoms. The van der Waals surface area contributed by atoms with Crippen molar-refractivity contribution < 1.29 is 18.0 Å². The second kappa shape index (κ2) is 4.64. The summed E-state index contributed by atoms with van der Waals surface area (Å²) in [6.07, 6.45) is -2.39. The number of halogens is 3. The summed E-state index contributed by atoms with van der Waals surface area (Å²) >= 11 is 0. The lowest BCUT2D eigenvalue weighted by atomic mass is 10.3. The minimum absolute atomic E-state index is 0.0569. The van der Waals surface area contributed by atoms with Crippen molar-refractivity contribution in [2.75, 3.05) is 13.1 Å². The van der Waals surface area contributed by atoms with Gasteiger partial charge in [0.05, 0.1) is 0 Å². The molecule has 0 aromatic carbocycles. The number of nitrogens with two attached hydrogens (primary N) is 1. The lowest BCUT2D eigenvalue weighted by molar-refractivity contribution is -0.140. The highest BCUT2D eigenvalue weighted by atomic mass is 19.4. The maximum Gasteiger partial charge on any atom is 0.406 e. The van der Waals surface area contributed by atoms with E-state index in [1.165, 1.54) is 23.2 Å². The van der Waals surface area contributed by atoms with Crippen LogP contribution in [0.2, 0.25) is 0 Å². The maximum atomic E-state index is 12.3. The molecular formula is C11H14F3N3O. The van der Waals surface area contributed by atoms with Crippen LogP contribution in [0.25, 0.3) is 0 Å². The van der Waals surface area contributed by atoms with E-state index in [0.29, 0.717) is 19.5 Å². The van der Waals surface area contributed by atoms with Gasteiger partial charge in [-0.25, -0.2) is 0 Å². The molecule has 0 radical (unpaired) electrons. The third kappa shape index (κ3) is 2.84. The maximum absolute atomic E-state index is 12.3. The van der Waals surface area contributed by atoms with E-state index in [0.717, 1.165) is 4.57 Å². The Balaban J connectivity index is 2.14. The summed E-state index contributed by atoms with van der Waals surface area (Å²) in [5.41, 5.74) is 5.73. The van der Waals surface area contributed by atoms with E-state index in [-0.39, 0.29) is 11.7 Å². The van der Waals surface area contributed by atoms with Crippen molar-refractivity contribution in [2.24, 2.45) is 5.73 Å². The molecule has 100 valence electrons. The lowest BCUT2D eigenvalue weighted by Crippen LogP contribution is -2.33. The van der Waals surface area contributed by atoms with Crippen LogP contribution in [-0.4, -0.2) is 40.7 Å². The van der Waals surface area contributed by atoms with Gasteiger partial charge in [0.1, 0.15) is 12.2 Å². The van der Waals surface area contributed by atoms with Crippen molar-refractivity contribution in [3.05, 3.63) is 24.0 Å².